The summed E-state index contributed by atoms with van der Waals surface area (Å²) < 4.78 is 46.0. The summed E-state index contributed by atoms with van der Waals surface area (Å²) in [4.78, 5) is 0.332. The Hall–Kier alpha value is -0.770. The Balaban J connectivity index is 3.05. The van der Waals surface area contributed by atoms with Crippen molar-refractivity contribution in [2.45, 2.75) is 65.5 Å². The second kappa shape index (κ2) is 11.7. The topological polar surface area (TPSA) is 73.9 Å². The minimum absolute atomic E-state index is 0.134. The first-order valence-electron chi connectivity index (χ1n) is 9.95. The molecule has 8 heteroatoms. The fourth-order valence-electron chi connectivity index (χ4n) is 3.18. The molecule has 0 unspecified atom stereocenters. The molecule has 0 bridgehead atoms. The molecule has 0 spiro atoms. The third kappa shape index (κ3) is 8.40. The number of hydrogen-bond donors (Lipinski definition) is 1. The minimum atomic E-state index is -3.73. The van der Waals surface area contributed by atoms with Gasteiger partial charge in [-0.15, -0.1) is 0 Å². The maximum Gasteiger partial charge on any atom is 0.241 e. The lowest BCUT2D eigenvalue weighted by molar-refractivity contribution is -0.0804. The molecule has 1 aromatic carbocycles. The molecule has 0 aromatic heterocycles. The highest BCUT2D eigenvalue weighted by Crippen LogP contribution is 2.31. The summed E-state index contributed by atoms with van der Waals surface area (Å²) in [7, 11) is -2.12. The van der Waals surface area contributed by atoms with Crippen LogP contribution in [0.1, 0.15) is 44.4 Å². The maximum atomic E-state index is 13.3. The van der Waals surface area contributed by atoms with Gasteiger partial charge in [0.2, 0.25) is 10.0 Å². The molecule has 6 nitrogen and oxygen atoms in total. The van der Waals surface area contributed by atoms with Crippen molar-refractivity contribution in [3.05, 3.63) is 39.4 Å². The van der Waals surface area contributed by atoms with Crippen LogP contribution >= 0.6 is 15.9 Å². The van der Waals surface area contributed by atoms with Gasteiger partial charge in [0.25, 0.3) is 0 Å². The van der Waals surface area contributed by atoms with Gasteiger partial charge >= 0.3 is 0 Å². The van der Waals surface area contributed by atoms with E-state index in [-0.39, 0.29) is 18.3 Å². The van der Waals surface area contributed by atoms with E-state index in [1.54, 1.807) is 7.11 Å². The molecular weight excluding hydrogens is 470 g/mol. The smallest absolute Gasteiger partial charge is 0.241 e. The van der Waals surface area contributed by atoms with E-state index in [9.17, 15) is 8.42 Å². The van der Waals surface area contributed by atoms with Gasteiger partial charge in [-0.25, -0.2) is 13.1 Å². The second-order valence-corrected chi connectivity index (χ2v) is 11.2. The SMILES string of the molecule is COCCOCO[C@@H](C)/C=C(/Br)[C@@H](NS(=O)(=O)c1c(C)cc(C)cc1C)C(C)(C)C. The predicted octanol–water partition coefficient (Wildman–Crippen LogP) is 4.61. The first-order valence-corrected chi connectivity index (χ1v) is 12.2. The first-order chi connectivity index (χ1) is 13.8. The van der Waals surface area contributed by atoms with Crippen LogP contribution in [0.5, 0.6) is 0 Å². The molecule has 1 aromatic rings. The molecule has 1 rings (SSSR count). The number of hydrogen-bond acceptors (Lipinski definition) is 5. The summed E-state index contributed by atoms with van der Waals surface area (Å²) in [5.41, 5.74) is 2.13. The third-order valence-corrected chi connectivity index (χ3v) is 6.98. The van der Waals surface area contributed by atoms with Gasteiger partial charge in [0.1, 0.15) is 6.79 Å². The van der Waals surface area contributed by atoms with Crippen molar-refractivity contribution in [1.29, 1.82) is 0 Å². The van der Waals surface area contributed by atoms with Crippen LogP contribution in [0.3, 0.4) is 0 Å². The summed E-state index contributed by atoms with van der Waals surface area (Å²) in [6.45, 7) is 14.5. The molecule has 0 saturated carbocycles. The Morgan fingerprint density at radius 1 is 1.17 bits per heavy atom. The highest BCUT2D eigenvalue weighted by molar-refractivity contribution is 9.11. The van der Waals surface area contributed by atoms with E-state index in [1.165, 1.54) is 0 Å². The Labute approximate surface area is 190 Å². The van der Waals surface area contributed by atoms with Crippen molar-refractivity contribution in [1.82, 2.24) is 4.72 Å². The lowest BCUT2D eigenvalue weighted by atomic mass is 9.87. The van der Waals surface area contributed by atoms with Crippen molar-refractivity contribution < 1.29 is 22.6 Å². The normalized spacial score (nSPS) is 15.3. The number of nitrogens with one attached hydrogen (secondary N) is 1. The molecule has 0 heterocycles. The molecule has 0 radical (unpaired) electrons. The lowest BCUT2D eigenvalue weighted by Gasteiger charge is -2.32. The monoisotopic (exact) mass is 505 g/mol. The van der Waals surface area contributed by atoms with Gasteiger partial charge in [-0.05, 0) is 50.3 Å². The summed E-state index contributed by atoms with van der Waals surface area (Å²) in [5, 5.41) is 0. The molecule has 0 aliphatic rings. The van der Waals surface area contributed by atoms with Crippen molar-refractivity contribution >= 4 is 26.0 Å². The Bertz CT molecular complexity index is 807. The standard InChI is InChI=1S/C22H36BrNO5S/c1-15-11-16(2)20(17(3)12-15)30(25,26)24-21(22(5,6)7)19(23)13-18(4)29-14-28-10-9-27-8/h11-13,18,21,24H,9-10,14H2,1-8H3/b19-13+/t18-,21+/m0/s1. The number of rotatable bonds is 11. The van der Waals surface area contributed by atoms with E-state index < -0.39 is 16.1 Å². The number of halogens is 1. The molecule has 0 aliphatic carbocycles. The second-order valence-electron chi connectivity index (χ2n) is 8.59. The van der Waals surface area contributed by atoms with E-state index in [0.717, 1.165) is 16.7 Å². The molecule has 2 atom stereocenters. The summed E-state index contributed by atoms with van der Waals surface area (Å²) in [6, 6.07) is 3.30. The number of sulfonamides is 1. The molecular formula is C22H36BrNO5S. The number of aryl methyl sites for hydroxylation is 3. The van der Waals surface area contributed by atoms with E-state index >= 15 is 0 Å². The van der Waals surface area contributed by atoms with E-state index in [2.05, 4.69) is 20.7 Å². The van der Waals surface area contributed by atoms with Crippen LogP contribution in [0, 0.1) is 26.2 Å². The van der Waals surface area contributed by atoms with Crippen LogP contribution in [-0.4, -0.2) is 47.7 Å². The van der Waals surface area contributed by atoms with Crippen LogP contribution < -0.4 is 4.72 Å². The fraction of sp³-hybridized carbons (Fsp3) is 0.636. The Morgan fingerprint density at radius 2 is 1.73 bits per heavy atom. The van der Waals surface area contributed by atoms with Crippen LogP contribution in [0.2, 0.25) is 0 Å². The van der Waals surface area contributed by atoms with Gasteiger partial charge < -0.3 is 14.2 Å². The molecule has 0 saturated heterocycles. The van der Waals surface area contributed by atoms with E-state index in [1.807, 2.05) is 66.7 Å². The zero-order valence-corrected chi connectivity index (χ0v) is 21.7. The average Bonchev–Trinajstić information content (AvgIpc) is 2.57. The molecule has 30 heavy (non-hydrogen) atoms. The molecule has 1 N–H and O–H groups in total. The van der Waals surface area contributed by atoms with Gasteiger partial charge in [0.15, 0.2) is 0 Å². The molecule has 172 valence electrons. The van der Waals surface area contributed by atoms with Crippen molar-refractivity contribution in [3.8, 4) is 0 Å². The molecule has 0 fully saturated rings. The highest BCUT2D eigenvalue weighted by Gasteiger charge is 2.33. The van der Waals surface area contributed by atoms with Gasteiger partial charge in [-0.2, -0.15) is 0 Å². The van der Waals surface area contributed by atoms with Crippen LogP contribution in [-0.2, 0) is 24.2 Å². The largest absolute Gasteiger partial charge is 0.382 e. The first kappa shape index (κ1) is 27.3. The van der Waals surface area contributed by atoms with E-state index in [4.69, 9.17) is 14.2 Å². The lowest BCUT2D eigenvalue weighted by Crippen LogP contribution is -2.44. The van der Waals surface area contributed by atoms with Crippen LogP contribution in [0.25, 0.3) is 0 Å². The van der Waals surface area contributed by atoms with E-state index in [0.29, 0.717) is 22.6 Å². The zero-order valence-electron chi connectivity index (χ0n) is 19.3. The van der Waals surface area contributed by atoms with Gasteiger partial charge in [-0.3, -0.25) is 0 Å². The summed E-state index contributed by atoms with van der Waals surface area (Å²) in [6.07, 6.45) is 1.59. The third-order valence-electron chi connectivity index (χ3n) is 4.53. The number of methoxy groups -OCH3 is 1. The zero-order chi connectivity index (χ0) is 23.1. The van der Waals surface area contributed by atoms with Gasteiger partial charge in [-0.1, -0.05) is 54.4 Å². The van der Waals surface area contributed by atoms with Crippen molar-refractivity contribution in [3.63, 3.8) is 0 Å². The Kier molecular flexibility index (Phi) is 10.7. The quantitative estimate of drug-likeness (QED) is 0.351. The minimum Gasteiger partial charge on any atom is -0.382 e. The van der Waals surface area contributed by atoms with Crippen LogP contribution in [0.15, 0.2) is 27.6 Å². The van der Waals surface area contributed by atoms with Crippen molar-refractivity contribution in [2.75, 3.05) is 27.1 Å². The van der Waals surface area contributed by atoms with Gasteiger partial charge in [0, 0.05) is 11.6 Å². The maximum absolute atomic E-state index is 13.3. The van der Waals surface area contributed by atoms with Gasteiger partial charge in [0.05, 0.1) is 30.3 Å². The fourth-order valence-corrected chi connectivity index (χ4v) is 6.38. The Morgan fingerprint density at radius 3 is 2.23 bits per heavy atom. The summed E-state index contributed by atoms with van der Waals surface area (Å²) in [5.74, 6) is 0. The highest BCUT2D eigenvalue weighted by atomic mass is 79.9. The van der Waals surface area contributed by atoms with Crippen LogP contribution in [0.4, 0.5) is 0 Å². The number of benzene rings is 1. The average molecular weight is 507 g/mol. The summed E-state index contributed by atoms with van der Waals surface area (Å²) >= 11 is 3.58. The van der Waals surface area contributed by atoms with Crippen molar-refractivity contribution in [2.24, 2.45) is 5.41 Å². The number of ether oxygens (including phenoxy) is 3. The predicted molar refractivity (Wildman–Crippen MR) is 124 cm³/mol. The molecule has 0 aliphatic heterocycles. The molecule has 0 amide bonds.